The molecule has 0 radical (unpaired) electrons. The molecular weight excluding hydrogens is 599 g/mol. The van der Waals surface area contributed by atoms with Gasteiger partial charge in [0.1, 0.15) is 0 Å². The van der Waals surface area contributed by atoms with Crippen molar-refractivity contribution >= 4 is 29.1 Å². The van der Waals surface area contributed by atoms with Gasteiger partial charge in [-0.05, 0) is 25.5 Å². The zero-order chi connectivity index (χ0) is 32.3. The van der Waals surface area contributed by atoms with Crippen molar-refractivity contribution in [1.82, 2.24) is 5.32 Å². The lowest BCUT2D eigenvalue weighted by Gasteiger charge is -2.21. The van der Waals surface area contributed by atoms with Gasteiger partial charge in [-0.2, -0.15) is 39.5 Å². The second-order valence-electron chi connectivity index (χ2n) is 9.53. The monoisotopic (exact) mass is 622 g/mol. The molecule has 2 atom stereocenters. The molecule has 1 aliphatic heterocycles. The minimum absolute atomic E-state index is 0.164. The molecule has 1 heterocycles. The number of hydrogen-bond acceptors (Lipinski definition) is 4. The lowest BCUT2D eigenvalue weighted by Crippen LogP contribution is -2.45. The highest BCUT2D eigenvalue weighted by Gasteiger charge is 2.39. The van der Waals surface area contributed by atoms with E-state index in [1.54, 1.807) is 13.0 Å². The highest BCUT2D eigenvalue weighted by Crippen LogP contribution is 2.39. The third kappa shape index (κ3) is 8.81. The first-order chi connectivity index (χ1) is 19.8. The third-order valence-corrected chi connectivity index (χ3v) is 6.19. The number of aliphatic imine (C=N–C) groups is 1. The van der Waals surface area contributed by atoms with E-state index in [1.807, 2.05) is 10.6 Å². The van der Waals surface area contributed by atoms with Crippen LogP contribution in [0.2, 0.25) is 0 Å². The number of benzene rings is 2. The Morgan fingerprint density at radius 3 is 2.23 bits per heavy atom. The molecule has 0 unspecified atom stereocenters. The van der Waals surface area contributed by atoms with Gasteiger partial charge in [-0.25, -0.2) is 4.99 Å². The standard InChI is InChI=1S/C27H23F9N4O3/c1-13-4-2-5-14(12-13)19-17-6-3-7-18(27(34,35)36)20(17)39-24(43)22(38-19)40-23(42)16(9-11-26(31,32)33)15(21(37)41)8-10-25(28,29)30/h2-7,9,12,15,22H,8,10-11H2,1H3,(H2,37,41)(H,39,43)(H,40,42)/b16-9-/t15-,22+/m0/s1. The molecule has 4 N–H and O–H groups in total. The molecule has 7 nitrogen and oxygen atoms in total. The van der Waals surface area contributed by atoms with E-state index in [0.717, 1.165) is 6.07 Å². The van der Waals surface area contributed by atoms with Crippen LogP contribution in [0, 0.1) is 12.8 Å². The molecular formula is C27H23F9N4O3. The predicted molar refractivity (Wildman–Crippen MR) is 136 cm³/mol. The molecule has 0 aliphatic carbocycles. The second-order valence-corrected chi connectivity index (χ2v) is 9.53. The quantitative estimate of drug-likeness (QED) is 0.264. The fourth-order valence-corrected chi connectivity index (χ4v) is 4.28. The van der Waals surface area contributed by atoms with Gasteiger partial charge in [0.2, 0.25) is 18.0 Å². The van der Waals surface area contributed by atoms with Crippen molar-refractivity contribution < 1.29 is 53.9 Å². The maximum atomic E-state index is 13.9. The van der Waals surface area contributed by atoms with E-state index in [0.29, 0.717) is 11.6 Å². The Morgan fingerprint density at radius 2 is 1.67 bits per heavy atom. The molecule has 1 aliphatic rings. The zero-order valence-electron chi connectivity index (χ0n) is 22.0. The lowest BCUT2D eigenvalue weighted by molar-refractivity contribution is -0.141. The average molecular weight is 622 g/mol. The van der Waals surface area contributed by atoms with Crippen LogP contribution in [0.1, 0.15) is 41.5 Å². The topological polar surface area (TPSA) is 114 Å². The number of amides is 3. The first-order valence-electron chi connectivity index (χ1n) is 12.4. The van der Waals surface area contributed by atoms with E-state index < -0.39 is 84.4 Å². The van der Waals surface area contributed by atoms with E-state index in [9.17, 15) is 53.9 Å². The number of anilines is 1. The Labute approximate surface area is 238 Å². The summed E-state index contributed by atoms with van der Waals surface area (Å²) in [4.78, 5) is 42.4. The average Bonchev–Trinajstić information content (AvgIpc) is 2.99. The minimum atomic E-state index is -4.96. The van der Waals surface area contributed by atoms with Gasteiger partial charge in [0, 0.05) is 23.1 Å². The Balaban J connectivity index is 2.12. The molecule has 232 valence electrons. The van der Waals surface area contributed by atoms with Crippen LogP contribution >= 0.6 is 0 Å². The summed E-state index contributed by atoms with van der Waals surface area (Å²) in [6.07, 6.45) is -21.4. The molecule has 0 bridgehead atoms. The molecule has 0 saturated heterocycles. The Hall–Kier alpha value is -4.37. The third-order valence-electron chi connectivity index (χ3n) is 6.19. The van der Waals surface area contributed by atoms with Crippen LogP contribution in [0.4, 0.5) is 45.2 Å². The highest BCUT2D eigenvalue weighted by atomic mass is 19.4. The van der Waals surface area contributed by atoms with Crippen LogP contribution in [-0.2, 0) is 20.6 Å². The van der Waals surface area contributed by atoms with Crippen LogP contribution < -0.4 is 16.4 Å². The van der Waals surface area contributed by atoms with Gasteiger partial charge in [-0.15, -0.1) is 0 Å². The highest BCUT2D eigenvalue weighted by molar-refractivity contribution is 6.20. The summed E-state index contributed by atoms with van der Waals surface area (Å²) in [6, 6.07) is 9.08. The minimum Gasteiger partial charge on any atom is -0.369 e. The predicted octanol–water partition coefficient (Wildman–Crippen LogP) is 5.57. The number of nitrogens with one attached hydrogen (secondary N) is 2. The number of fused-ring (bicyclic) bond motifs is 1. The van der Waals surface area contributed by atoms with E-state index in [-0.39, 0.29) is 22.9 Å². The number of carbonyl (C=O) groups is 3. The summed E-state index contributed by atoms with van der Waals surface area (Å²) in [7, 11) is 0. The SMILES string of the molecule is Cc1cccc(C2=N[C@H](NC(=O)/C(=C\CC(F)(F)F)[C@H](CCC(F)(F)F)C(N)=O)C(=O)Nc3c2cccc3C(F)(F)F)c1. The summed E-state index contributed by atoms with van der Waals surface area (Å²) in [5, 5.41) is 3.97. The lowest BCUT2D eigenvalue weighted by atomic mass is 9.91. The summed E-state index contributed by atoms with van der Waals surface area (Å²) >= 11 is 0. The van der Waals surface area contributed by atoms with Crippen LogP contribution in [-0.4, -0.2) is 42.0 Å². The number of aryl methyl sites for hydroxylation is 1. The second kappa shape index (κ2) is 12.5. The van der Waals surface area contributed by atoms with Crippen LogP contribution in [0.25, 0.3) is 0 Å². The summed E-state index contributed by atoms with van der Waals surface area (Å²) in [5.74, 6) is -6.67. The van der Waals surface area contributed by atoms with E-state index in [1.165, 1.54) is 24.3 Å². The van der Waals surface area contributed by atoms with Gasteiger partial charge in [0.15, 0.2) is 0 Å². The number of nitrogens with zero attached hydrogens (tertiary/aromatic N) is 1. The number of nitrogens with two attached hydrogens (primary N) is 1. The van der Waals surface area contributed by atoms with E-state index in [2.05, 4.69) is 4.99 Å². The number of rotatable bonds is 8. The summed E-state index contributed by atoms with van der Waals surface area (Å²) in [5.41, 5.74) is 2.43. The molecule has 3 rings (SSSR count). The van der Waals surface area contributed by atoms with Gasteiger partial charge in [-0.3, -0.25) is 14.4 Å². The Bertz CT molecular complexity index is 1460. The molecule has 0 fully saturated rings. The Kier molecular flexibility index (Phi) is 9.61. The number of allylic oxidation sites excluding steroid dienone is 1. The van der Waals surface area contributed by atoms with Gasteiger partial charge < -0.3 is 16.4 Å². The number of halogens is 9. The fraction of sp³-hybridized carbons (Fsp3) is 0.333. The van der Waals surface area contributed by atoms with E-state index in [4.69, 9.17) is 5.73 Å². The smallest absolute Gasteiger partial charge is 0.369 e. The number of hydrogen-bond donors (Lipinski definition) is 3. The molecule has 0 spiro atoms. The van der Waals surface area contributed by atoms with Crippen LogP contribution in [0.5, 0.6) is 0 Å². The largest absolute Gasteiger partial charge is 0.418 e. The molecule has 0 aromatic heterocycles. The number of para-hydroxylation sites is 1. The normalized spacial score (nSPS) is 16.9. The van der Waals surface area contributed by atoms with Crippen molar-refractivity contribution in [2.45, 2.75) is 50.9 Å². The number of carbonyl (C=O) groups excluding carboxylic acids is 3. The number of benzodiazepines with no additional fused rings is 1. The van der Waals surface area contributed by atoms with Gasteiger partial charge in [-0.1, -0.05) is 42.0 Å². The van der Waals surface area contributed by atoms with Crippen molar-refractivity contribution in [2.75, 3.05) is 5.32 Å². The van der Waals surface area contributed by atoms with Crippen LogP contribution in [0.3, 0.4) is 0 Å². The first kappa shape index (κ1) is 33.1. The Morgan fingerprint density at radius 1 is 1.02 bits per heavy atom. The first-order valence-corrected chi connectivity index (χ1v) is 12.4. The molecule has 2 aromatic carbocycles. The molecule has 0 saturated carbocycles. The molecule has 3 amide bonds. The molecule has 16 heteroatoms. The van der Waals surface area contributed by atoms with Crippen molar-refractivity contribution in [2.24, 2.45) is 16.6 Å². The van der Waals surface area contributed by atoms with Crippen LogP contribution in [0.15, 0.2) is 59.1 Å². The maximum Gasteiger partial charge on any atom is 0.418 e. The number of primary amides is 1. The van der Waals surface area contributed by atoms with Crippen molar-refractivity contribution in [3.05, 3.63) is 76.4 Å². The maximum absolute atomic E-state index is 13.9. The van der Waals surface area contributed by atoms with E-state index >= 15 is 0 Å². The molecule has 43 heavy (non-hydrogen) atoms. The van der Waals surface area contributed by atoms with Gasteiger partial charge in [0.25, 0.3) is 5.91 Å². The molecule has 2 aromatic rings. The van der Waals surface area contributed by atoms with Crippen molar-refractivity contribution in [1.29, 1.82) is 0 Å². The zero-order valence-corrected chi connectivity index (χ0v) is 22.0. The number of alkyl halides is 9. The van der Waals surface area contributed by atoms with Gasteiger partial charge in [0.05, 0.1) is 29.3 Å². The summed E-state index contributed by atoms with van der Waals surface area (Å²) in [6.45, 7) is 1.65. The fourth-order valence-electron chi connectivity index (χ4n) is 4.28. The van der Waals surface area contributed by atoms with Gasteiger partial charge >= 0.3 is 18.5 Å². The van der Waals surface area contributed by atoms with Crippen molar-refractivity contribution in [3.8, 4) is 0 Å². The van der Waals surface area contributed by atoms with Crippen molar-refractivity contribution in [3.63, 3.8) is 0 Å². The summed E-state index contributed by atoms with van der Waals surface area (Å²) < 4.78 is 119.